The quantitative estimate of drug-likeness (QED) is 0.894. The van der Waals surface area contributed by atoms with E-state index in [9.17, 15) is 0 Å². The van der Waals surface area contributed by atoms with Crippen LogP contribution >= 0.6 is 11.8 Å². The number of hydrogen-bond donors (Lipinski definition) is 1. The van der Waals surface area contributed by atoms with Gasteiger partial charge in [0.1, 0.15) is 0 Å². The van der Waals surface area contributed by atoms with Gasteiger partial charge >= 0.3 is 0 Å². The molecular formula is C15H27N3S. The van der Waals surface area contributed by atoms with Gasteiger partial charge in [-0.1, -0.05) is 0 Å². The first kappa shape index (κ1) is 14.9. The fraction of sp³-hybridized carbons (Fsp3) is 0.800. The first-order valence-electron chi connectivity index (χ1n) is 7.41. The Bertz CT molecular complexity index is 419. The van der Waals surface area contributed by atoms with E-state index in [1.54, 1.807) is 0 Å². The maximum atomic E-state index is 4.68. The zero-order valence-electron chi connectivity index (χ0n) is 12.9. The fourth-order valence-corrected chi connectivity index (χ4v) is 4.23. The Morgan fingerprint density at radius 3 is 2.63 bits per heavy atom. The van der Waals surface area contributed by atoms with E-state index in [-0.39, 0.29) is 0 Å². The predicted molar refractivity (Wildman–Crippen MR) is 84.0 cm³/mol. The summed E-state index contributed by atoms with van der Waals surface area (Å²) in [5.74, 6) is 1.34. The van der Waals surface area contributed by atoms with Gasteiger partial charge in [0, 0.05) is 35.1 Å². The van der Waals surface area contributed by atoms with Gasteiger partial charge in [0.05, 0.1) is 5.69 Å². The van der Waals surface area contributed by atoms with Crippen molar-refractivity contribution in [1.29, 1.82) is 0 Å². The van der Waals surface area contributed by atoms with E-state index >= 15 is 0 Å². The van der Waals surface area contributed by atoms with Crippen LogP contribution in [0.5, 0.6) is 0 Å². The summed E-state index contributed by atoms with van der Waals surface area (Å²) in [6, 6.07) is 0.832. The molecule has 0 amide bonds. The molecule has 108 valence electrons. The smallest absolute Gasteiger partial charge is 0.0644 e. The SMILES string of the molecule is Cc1nn(C(C)C)c(C)c1[C@H](C)NC[C@@H]1CCCS1. The molecule has 0 bridgehead atoms. The summed E-state index contributed by atoms with van der Waals surface area (Å²) >= 11 is 2.11. The summed E-state index contributed by atoms with van der Waals surface area (Å²) in [7, 11) is 0. The van der Waals surface area contributed by atoms with Crippen LogP contribution in [0.2, 0.25) is 0 Å². The third-order valence-electron chi connectivity index (χ3n) is 3.98. The summed E-state index contributed by atoms with van der Waals surface area (Å²) in [5.41, 5.74) is 3.87. The fourth-order valence-electron chi connectivity index (χ4n) is 3.02. The molecule has 2 atom stereocenters. The van der Waals surface area contributed by atoms with E-state index < -0.39 is 0 Å². The molecule has 2 rings (SSSR count). The summed E-state index contributed by atoms with van der Waals surface area (Å²) in [6.07, 6.45) is 2.75. The van der Waals surface area contributed by atoms with Crippen LogP contribution in [0.4, 0.5) is 0 Å². The molecule has 0 unspecified atom stereocenters. The molecule has 2 heterocycles. The number of aromatic nitrogens is 2. The Labute approximate surface area is 121 Å². The van der Waals surface area contributed by atoms with E-state index in [1.165, 1.54) is 35.5 Å². The first-order valence-corrected chi connectivity index (χ1v) is 8.46. The average molecular weight is 281 g/mol. The molecule has 0 aliphatic carbocycles. The van der Waals surface area contributed by atoms with Gasteiger partial charge in [-0.15, -0.1) is 0 Å². The van der Waals surface area contributed by atoms with E-state index in [1.807, 2.05) is 0 Å². The largest absolute Gasteiger partial charge is 0.309 e. The van der Waals surface area contributed by atoms with Crippen molar-refractivity contribution in [3.8, 4) is 0 Å². The van der Waals surface area contributed by atoms with Crippen LogP contribution in [0.1, 0.15) is 62.6 Å². The van der Waals surface area contributed by atoms with Gasteiger partial charge in [0.25, 0.3) is 0 Å². The highest BCUT2D eigenvalue weighted by atomic mass is 32.2. The summed E-state index contributed by atoms with van der Waals surface area (Å²) in [6.45, 7) is 12.1. The van der Waals surface area contributed by atoms with Gasteiger partial charge in [0.2, 0.25) is 0 Å². The topological polar surface area (TPSA) is 29.9 Å². The van der Waals surface area contributed by atoms with Crippen molar-refractivity contribution in [3.63, 3.8) is 0 Å². The normalized spacial score (nSPS) is 21.3. The number of rotatable bonds is 5. The number of nitrogens with one attached hydrogen (secondary N) is 1. The molecule has 0 spiro atoms. The molecule has 19 heavy (non-hydrogen) atoms. The molecule has 1 N–H and O–H groups in total. The second-order valence-corrected chi connectivity index (χ2v) is 7.30. The minimum Gasteiger partial charge on any atom is -0.309 e. The Morgan fingerprint density at radius 1 is 1.37 bits per heavy atom. The van der Waals surface area contributed by atoms with Gasteiger partial charge in [0.15, 0.2) is 0 Å². The average Bonchev–Trinajstić information content (AvgIpc) is 2.94. The predicted octanol–water partition coefficient (Wildman–Crippen LogP) is 3.63. The molecule has 1 aliphatic heterocycles. The van der Waals surface area contributed by atoms with E-state index in [2.05, 4.69) is 61.5 Å². The van der Waals surface area contributed by atoms with Crippen molar-refractivity contribution in [1.82, 2.24) is 15.1 Å². The second-order valence-electron chi connectivity index (χ2n) is 5.89. The van der Waals surface area contributed by atoms with Gasteiger partial charge < -0.3 is 5.32 Å². The lowest BCUT2D eigenvalue weighted by Crippen LogP contribution is -2.26. The summed E-state index contributed by atoms with van der Waals surface area (Å²) < 4.78 is 2.15. The molecule has 1 aromatic heterocycles. The molecule has 1 aliphatic rings. The van der Waals surface area contributed by atoms with Crippen LogP contribution in [0.3, 0.4) is 0 Å². The monoisotopic (exact) mass is 281 g/mol. The van der Waals surface area contributed by atoms with Crippen molar-refractivity contribution >= 4 is 11.8 Å². The maximum Gasteiger partial charge on any atom is 0.0644 e. The van der Waals surface area contributed by atoms with Gasteiger partial charge in [-0.3, -0.25) is 4.68 Å². The second kappa shape index (κ2) is 6.31. The Kier molecular flexibility index (Phi) is 4.96. The van der Waals surface area contributed by atoms with E-state index in [0.29, 0.717) is 12.1 Å². The van der Waals surface area contributed by atoms with Crippen molar-refractivity contribution in [3.05, 3.63) is 17.0 Å². The van der Waals surface area contributed by atoms with Crippen molar-refractivity contribution in [2.45, 2.75) is 64.8 Å². The van der Waals surface area contributed by atoms with Crippen LogP contribution in [0, 0.1) is 13.8 Å². The standard InChI is InChI=1S/C15H27N3S/c1-10(2)18-13(5)15(12(4)17-18)11(3)16-9-14-7-6-8-19-14/h10-11,14,16H,6-9H2,1-5H3/t11-,14-/m0/s1. The summed E-state index contributed by atoms with van der Waals surface area (Å²) in [4.78, 5) is 0. The number of aryl methyl sites for hydroxylation is 1. The molecule has 1 saturated heterocycles. The lowest BCUT2D eigenvalue weighted by atomic mass is 10.1. The lowest BCUT2D eigenvalue weighted by molar-refractivity contribution is 0.511. The zero-order chi connectivity index (χ0) is 14.0. The maximum absolute atomic E-state index is 4.68. The van der Waals surface area contributed by atoms with Crippen LogP contribution in [0.15, 0.2) is 0 Å². The van der Waals surface area contributed by atoms with Crippen LogP contribution in [-0.4, -0.2) is 27.3 Å². The van der Waals surface area contributed by atoms with Gasteiger partial charge in [-0.05, 0) is 53.2 Å². The highest BCUT2D eigenvalue weighted by Crippen LogP contribution is 2.27. The molecular weight excluding hydrogens is 254 g/mol. The minimum absolute atomic E-state index is 0.397. The molecule has 1 fully saturated rings. The lowest BCUT2D eigenvalue weighted by Gasteiger charge is -2.18. The van der Waals surface area contributed by atoms with Crippen molar-refractivity contribution < 1.29 is 0 Å². The van der Waals surface area contributed by atoms with Crippen molar-refractivity contribution in [2.24, 2.45) is 0 Å². The molecule has 0 saturated carbocycles. The Morgan fingerprint density at radius 2 is 2.11 bits per heavy atom. The Balaban J connectivity index is 2.03. The molecule has 3 nitrogen and oxygen atoms in total. The molecule has 1 aromatic rings. The third kappa shape index (κ3) is 3.34. The highest BCUT2D eigenvalue weighted by molar-refractivity contribution is 8.00. The van der Waals surface area contributed by atoms with Gasteiger partial charge in [-0.2, -0.15) is 16.9 Å². The highest BCUT2D eigenvalue weighted by Gasteiger charge is 2.21. The van der Waals surface area contributed by atoms with E-state index in [4.69, 9.17) is 0 Å². The van der Waals surface area contributed by atoms with Crippen LogP contribution in [0.25, 0.3) is 0 Å². The Hall–Kier alpha value is -0.480. The molecule has 0 radical (unpaired) electrons. The van der Waals surface area contributed by atoms with E-state index in [0.717, 1.165) is 11.8 Å². The first-order chi connectivity index (χ1) is 9.00. The molecule has 4 heteroatoms. The third-order valence-corrected chi connectivity index (χ3v) is 5.38. The van der Waals surface area contributed by atoms with Crippen LogP contribution < -0.4 is 5.32 Å². The zero-order valence-corrected chi connectivity index (χ0v) is 13.7. The number of nitrogens with zero attached hydrogens (tertiary/aromatic N) is 2. The molecule has 0 aromatic carbocycles. The minimum atomic E-state index is 0.397. The number of hydrogen-bond acceptors (Lipinski definition) is 3. The number of thioether (sulfide) groups is 1. The van der Waals surface area contributed by atoms with Crippen molar-refractivity contribution in [2.75, 3.05) is 12.3 Å². The van der Waals surface area contributed by atoms with Gasteiger partial charge in [-0.25, -0.2) is 0 Å². The van der Waals surface area contributed by atoms with Crippen LogP contribution in [-0.2, 0) is 0 Å². The summed E-state index contributed by atoms with van der Waals surface area (Å²) in [5, 5.41) is 9.19.